The zero-order valence-electron chi connectivity index (χ0n) is 15.7. The van der Waals surface area contributed by atoms with E-state index in [2.05, 4.69) is 31.5 Å². The molecule has 7 nitrogen and oxygen atoms in total. The van der Waals surface area contributed by atoms with E-state index >= 15 is 0 Å². The van der Waals surface area contributed by atoms with E-state index < -0.39 is 14.6 Å². The number of rotatable bonds is 5. The summed E-state index contributed by atoms with van der Waals surface area (Å²) in [6.45, 7) is 4.08. The van der Waals surface area contributed by atoms with Gasteiger partial charge in [0.05, 0.1) is 22.2 Å². The molecule has 27 heavy (non-hydrogen) atoms. The summed E-state index contributed by atoms with van der Waals surface area (Å²) in [5.41, 5.74) is 2.54. The Balaban J connectivity index is 1.49. The van der Waals surface area contributed by atoms with Crippen molar-refractivity contribution < 1.29 is 8.42 Å². The molecule has 3 atom stereocenters. The summed E-state index contributed by atoms with van der Waals surface area (Å²) in [7, 11) is -3.02. The first-order valence-electron chi connectivity index (χ1n) is 9.81. The van der Waals surface area contributed by atoms with Crippen molar-refractivity contribution in [1.29, 1.82) is 0 Å². The van der Waals surface area contributed by atoms with Gasteiger partial charge in [0.25, 0.3) is 0 Å². The van der Waals surface area contributed by atoms with Crippen molar-refractivity contribution >= 4 is 26.6 Å². The SMILES string of the molecule is CC[C@@H]1C[C@H](CS(=O)(=O)C2(C)CC2)C[C@@H]1c1nnc2cnc3[nH]ccc3n12. The highest BCUT2D eigenvalue weighted by molar-refractivity contribution is 7.93. The van der Waals surface area contributed by atoms with Crippen LogP contribution in [0, 0.1) is 11.8 Å². The maximum atomic E-state index is 12.8. The van der Waals surface area contributed by atoms with Gasteiger partial charge in [-0.1, -0.05) is 13.3 Å². The maximum Gasteiger partial charge on any atom is 0.179 e. The molecule has 0 radical (unpaired) electrons. The summed E-state index contributed by atoms with van der Waals surface area (Å²) in [6.07, 6.45) is 8.08. The van der Waals surface area contributed by atoms with Crippen LogP contribution in [-0.2, 0) is 9.84 Å². The molecule has 2 aliphatic rings. The lowest BCUT2D eigenvalue weighted by Gasteiger charge is -2.16. The molecule has 0 aliphatic heterocycles. The molecule has 144 valence electrons. The Labute approximate surface area is 158 Å². The molecule has 0 aromatic carbocycles. The highest BCUT2D eigenvalue weighted by Crippen LogP contribution is 2.49. The second-order valence-electron chi connectivity index (χ2n) is 8.57. The molecule has 2 fully saturated rings. The summed E-state index contributed by atoms with van der Waals surface area (Å²) < 4.78 is 27.2. The minimum absolute atomic E-state index is 0.207. The number of hydrogen-bond acceptors (Lipinski definition) is 5. The van der Waals surface area contributed by atoms with E-state index in [1.165, 1.54) is 0 Å². The first-order valence-corrected chi connectivity index (χ1v) is 11.5. The molecule has 1 N–H and O–H groups in total. The van der Waals surface area contributed by atoms with Crippen LogP contribution < -0.4 is 0 Å². The lowest BCUT2D eigenvalue weighted by molar-refractivity contribution is 0.447. The van der Waals surface area contributed by atoms with Crippen LogP contribution in [0.25, 0.3) is 16.8 Å². The Kier molecular flexibility index (Phi) is 3.67. The van der Waals surface area contributed by atoms with Gasteiger partial charge < -0.3 is 4.98 Å². The van der Waals surface area contributed by atoms with Gasteiger partial charge in [-0.3, -0.25) is 4.40 Å². The van der Waals surface area contributed by atoms with Gasteiger partial charge in [-0.15, -0.1) is 10.2 Å². The first kappa shape index (κ1) is 17.2. The van der Waals surface area contributed by atoms with E-state index in [0.717, 1.165) is 54.7 Å². The molecule has 3 aromatic heterocycles. The molecular weight excluding hydrogens is 362 g/mol. The molecular formula is C19H25N5O2S. The third-order valence-electron chi connectivity index (χ3n) is 6.78. The van der Waals surface area contributed by atoms with E-state index in [9.17, 15) is 8.42 Å². The van der Waals surface area contributed by atoms with Gasteiger partial charge in [0.2, 0.25) is 0 Å². The summed E-state index contributed by atoms with van der Waals surface area (Å²) in [6, 6.07) is 1.99. The van der Waals surface area contributed by atoms with E-state index in [1.807, 2.05) is 19.2 Å². The summed E-state index contributed by atoms with van der Waals surface area (Å²) >= 11 is 0. The Morgan fingerprint density at radius 1 is 1.30 bits per heavy atom. The Hall–Kier alpha value is -1.96. The lowest BCUT2D eigenvalue weighted by Crippen LogP contribution is -2.26. The zero-order chi connectivity index (χ0) is 18.8. The normalized spacial score (nSPS) is 27.6. The van der Waals surface area contributed by atoms with E-state index in [1.54, 1.807) is 6.20 Å². The molecule has 2 saturated carbocycles. The van der Waals surface area contributed by atoms with Crippen LogP contribution in [0.4, 0.5) is 0 Å². The summed E-state index contributed by atoms with van der Waals surface area (Å²) in [5, 5.41) is 8.84. The maximum absolute atomic E-state index is 12.8. The predicted molar refractivity (Wildman–Crippen MR) is 103 cm³/mol. The number of H-pyrrole nitrogens is 1. The van der Waals surface area contributed by atoms with Crippen molar-refractivity contribution in [1.82, 2.24) is 24.6 Å². The standard InChI is InChI=1S/C19H25N5O2S/c1-3-13-8-12(11-27(25,26)19(2)5-6-19)9-14(13)18-23-22-16-10-21-17-15(24(16)18)4-7-20-17/h4,7,10,12-14,20H,3,5-6,8-9,11H2,1-2H3/t12-,13+,14-/m0/s1. The van der Waals surface area contributed by atoms with Crippen molar-refractivity contribution in [3.8, 4) is 0 Å². The van der Waals surface area contributed by atoms with Crippen LogP contribution in [0.5, 0.6) is 0 Å². The molecule has 0 saturated heterocycles. The molecule has 0 unspecified atom stereocenters. The van der Waals surface area contributed by atoms with Crippen molar-refractivity contribution in [2.24, 2.45) is 11.8 Å². The molecule has 0 spiro atoms. The largest absolute Gasteiger partial charge is 0.345 e. The van der Waals surface area contributed by atoms with Gasteiger partial charge in [0, 0.05) is 12.1 Å². The minimum atomic E-state index is -3.02. The zero-order valence-corrected chi connectivity index (χ0v) is 16.5. The third kappa shape index (κ3) is 2.60. The van der Waals surface area contributed by atoms with E-state index in [4.69, 9.17) is 0 Å². The topological polar surface area (TPSA) is 93.0 Å². The van der Waals surface area contributed by atoms with Crippen LogP contribution in [0.2, 0.25) is 0 Å². The fraction of sp³-hybridized carbons (Fsp3) is 0.632. The molecule has 3 aromatic rings. The smallest absolute Gasteiger partial charge is 0.179 e. The van der Waals surface area contributed by atoms with Gasteiger partial charge in [0.1, 0.15) is 5.82 Å². The van der Waals surface area contributed by atoms with Crippen LogP contribution >= 0.6 is 0 Å². The Morgan fingerprint density at radius 3 is 2.85 bits per heavy atom. The number of nitrogens with zero attached hydrogens (tertiary/aromatic N) is 4. The summed E-state index contributed by atoms with van der Waals surface area (Å²) in [5.74, 6) is 2.14. The fourth-order valence-electron chi connectivity index (χ4n) is 4.78. The number of nitrogens with one attached hydrogen (secondary N) is 1. The second-order valence-corrected chi connectivity index (χ2v) is 11.1. The fourth-order valence-corrected chi connectivity index (χ4v) is 6.80. The Morgan fingerprint density at radius 2 is 2.11 bits per heavy atom. The highest BCUT2D eigenvalue weighted by Gasteiger charge is 2.51. The van der Waals surface area contributed by atoms with Crippen LogP contribution in [0.1, 0.15) is 57.7 Å². The number of sulfone groups is 1. The van der Waals surface area contributed by atoms with Crippen molar-refractivity contribution in [3.05, 3.63) is 24.3 Å². The minimum Gasteiger partial charge on any atom is -0.345 e. The first-order chi connectivity index (χ1) is 12.9. The van der Waals surface area contributed by atoms with Gasteiger partial charge >= 0.3 is 0 Å². The molecule has 5 rings (SSSR count). The van der Waals surface area contributed by atoms with Crippen LogP contribution in [0.15, 0.2) is 18.5 Å². The number of fused-ring (bicyclic) bond motifs is 3. The van der Waals surface area contributed by atoms with Gasteiger partial charge in [-0.25, -0.2) is 13.4 Å². The third-order valence-corrected chi connectivity index (χ3v) is 9.60. The van der Waals surface area contributed by atoms with E-state index in [0.29, 0.717) is 11.7 Å². The van der Waals surface area contributed by atoms with Gasteiger partial charge in [-0.2, -0.15) is 0 Å². The molecule has 3 heterocycles. The number of hydrogen-bond donors (Lipinski definition) is 1. The average molecular weight is 388 g/mol. The van der Waals surface area contributed by atoms with E-state index in [-0.39, 0.29) is 11.8 Å². The average Bonchev–Trinajstić information content (AvgIpc) is 3.04. The molecule has 8 heteroatoms. The predicted octanol–water partition coefficient (Wildman–Crippen LogP) is 3.09. The van der Waals surface area contributed by atoms with Gasteiger partial charge in [-0.05, 0) is 50.5 Å². The lowest BCUT2D eigenvalue weighted by atomic mass is 9.93. The summed E-state index contributed by atoms with van der Waals surface area (Å²) in [4.78, 5) is 7.53. The number of aromatic amines is 1. The van der Waals surface area contributed by atoms with Crippen LogP contribution in [-0.4, -0.2) is 43.5 Å². The van der Waals surface area contributed by atoms with Crippen molar-refractivity contribution in [2.75, 3.05) is 5.75 Å². The monoisotopic (exact) mass is 387 g/mol. The molecule has 0 bridgehead atoms. The van der Waals surface area contributed by atoms with Gasteiger partial charge in [0.15, 0.2) is 21.1 Å². The Bertz CT molecular complexity index is 1110. The molecule has 0 amide bonds. The molecule has 2 aliphatic carbocycles. The second kappa shape index (κ2) is 5.77. The van der Waals surface area contributed by atoms with Crippen molar-refractivity contribution in [2.45, 2.75) is 56.6 Å². The quantitative estimate of drug-likeness (QED) is 0.726. The number of aromatic nitrogens is 5. The highest BCUT2D eigenvalue weighted by atomic mass is 32.2. The van der Waals surface area contributed by atoms with Crippen LogP contribution in [0.3, 0.4) is 0 Å². The van der Waals surface area contributed by atoms with Crippen molar-refractivity contribution in [3.63, 3.8) is 0 Å².